The molecule has 5 nitrogen and oxygen atoms in total. The highest BCUT2D eigenvalue weighted by Gasteiger charge is 2.45. The van der Waals surface area contributed by atoms with Crippen molar-refractivity contribution in [1.29, 1.82) is 0 Å². The van der Waals surface area contributed by atoms with Crippen molar-refractivity contribution in [3.63, 3.8) is 0 Å². The summed E-state index contributed by atoms with van der Waals surface area (Å²) in [4.78, 5) is 27.2. The summed E-state index contributed by atoms with van der Waals surface area (Å²) in [6.45, 7) is 5.09. The van der Waals surface area contributed by atoms with E-state index >= 15 is 0 Å². The lowest BCUT2D eigenvalue weighted by molar-refractivity contribution is -0.139. The Morgan fingerprint density at radius 3 is 2.48 bits per heavy atom. The van der Waals surface area contributed by atoms with Crippen LogP contribution >= 0.6 is 0 Å². The highest BCUT2D eigenvalue weighted by Crippen LogP contribution is 2.39. The number of likely N-dealkylation sites (tertiary alicyclic amines) is 1. The van der Waals surface area contributed by atoms with Crippen LogP contribution in [0.3, 0.4) is 0 Å². The Labute approximate surface area is 171 Å². The van der Waals surface area contributed by atoms with E-state index in [0.717, 1.165) is 24.8 Å². The van der Waals surface area contributed by atoms with E-state index in [4.69, 9.17) is 4.74 Å². The van der Waals surface area contributed by atoms with E-state index in [-0.39, 0.29) is 11.3 Å². The van der Waals surface area contributed by atoms with Crippen LogP contribution in [-0.4, -0.2) is 34.8 Å². The van der Waals surface area contributed by atoms with Crippen LogP contribution < -0.4 is 4.74 Å². The molecule has 2 aromatic rings. The normalized spacial score (nSPS) is 18.3. The van der Waals surface area contributed by atoms with E-state index in [2.05, 4.69) is 0 Å². The Morgan fingerprint density at radius 1 is 1.03 bits per heavy atom. The van der Waals surface area contributed by atoms with Gasteiger partial charge in [0, 0.05) is 12.1 Å². The Hall–Kier alpha value is -3.08. The molecule has 2 aromatic carbocycles. The fourth-order valence-corrected chi connectivity index (χ4v) is 3.53. The molecule has 0 radical (unpaired) electrons. The van der Waals surface area contributed by atoms with Gasteiger partial charge in [0.1, 0.15) is 11.5 Å². The molecule has 1 unspecified atom stereocenters. The molecule has 29 heavy (non-hydrogen) atoms. The van der Waals surface area contributed by atoms with Crippen LogP contribution in [-0.2, 0) is 9.59 Å². The van der Waals surface area contributed by atoms with Crippen molar-refractivity contribution in [1.82, 2.24) is 4.90 Å². The van der Waals surface area contributed by atoms with Gasteiger partial charge < -0.3 is 14.7 Å². The van der Waals surface area contributed by atoms with Gasteiger partial charge in [-0.1, -0.05) is 62.7 Å². The molecule has 1 aliphatic rings. The smallest absolute Gasteiger partial charge is 0.295 e. The molecule has 0 saturated carbocycles. The van der Waals surface area contributed by atoms with Gasteiger partial charge in [-0.05, 0) is 30.5 Å². The van der Waals surface area contributed by atoms with Crippen molar-refractivity contribution in [2.24, 2.45) is 0 Å². The Kier molecular flexibility index (Phi) is 6.70. The van der Waals surface area contributed by atoms with Gasteiger partial charge in [0.05, 0.1) is 18.2 Å². The number of benzene rings is 2. The molecule has 152 valence electrons. The Bertz CT molecular complexity index is 904. The molecular weight excluding hydrogens is 366 g/mol. The second kappa shape index (κ2) is 9.41. The number of aliphatic hydroxyl groups excluding tert-OH is 1. The second-order valence-electron chi connectivity index (χ2n) is 7.13. The molecule has 1 heterocycles. The molecule has 0 aromatic heterocycles. The van der Waals surface area contributed by atoms with Gasteiger partial charge in [-0.25, -0.2) is 0 Å². The zero-order valence-corrected chi connectivity index (χ0v) is 16.9. The van der Waals surface area contributed by atoms with Gasteiger partial charge >= 0.3 is 0 Å². The van der Waals surface area contributed by atoms with Crippen LogP contribution in [0.15, 0.2) is 60.2 Å². The first-order chi connectivity index (χ1) is 14.1. The minimum atomic E-state index is -0.646. The number of aliphatic hydroxyl groups is 1. The quantitative estimate of drug-likeness (QED) is 0.401. The predicted molar refractivity (Wildman–Crippen MR) is 113 cm³/mol. The first-order valence-electron chi connectivity index (χ1n) is 10.1. The standard InChI is InChI=1S/C24H27NO4/c1-3-5-14-25-21(17-10-7-6-8-11-17)20(23(27)24(25)28)22(26)18-12-9-13-19(16-18)29-15-4-2/h6-13,16,21,26H,3-5,14-15H2,1-2H3/b22-20-. The maximum absolute atomic E-state index is 12.9. The number of amides is 1. The largest absolute Gasteiger partial charge is 0.507 e. The molecule has 1 N–H and O–H groups in total. The highest BCUT2D eigenvalue weighted by molar-refractivity contribution is 6.46. The average molecular weight is 393 g/mol. The lowest BCUT2D eigenvalue weighted by Gasteiger charge is -2.25. The van der Waals surface area contributed by atoms with Crippen molar-refractivity contribution in [3.05, 3.63) is 71.3 Å². The first kappa shape index (κ1) is 20.6. The Balaban J connectivity index is 2.08. The minimum absolute atomic E-state index is 0.130. The maximum Gasteiger partial charge on any atom is 0.295 e. The summed E-state index contributed by atoms with van der Waals surface area (Å²) in [7, 11) is 0. The zero-order chi connectivity index (χ0) is 20.8. The molecule has 1 saturated heterocycles. The monoisotopic (exact) mass is 393 g/mol. The summed E-state index contributed by atoms with van der Waals surface area (Å²) < 4.78 is 5.65. The van der Waals surface area contributed by atoms with E-state index < -0.39 is 17.7 Å². The van der Waals surface area contributed by atoms with E-state index in [0.29, 0.717) is 24.5 Å². The number of carbonyl (C=O) groups is 2. The predicted octanol–water partition coefficient (Wildman–Crippen LogP) is 4.70. The molecule has 1 aliphatic heterocycles. The fourth-order valence-electron chi connectivity index (χ4n) is 3.53. The van der Waals surface area contributed by atoms with Crippen LogP contribution in [0, 0.1) is 0 Å². The lowest BCUT2D eigenvalue weighted by Crippen LogP contribution is -2.30. The summed E-state index contributed by atoms with van der Waals surface area (Å²) in [5.41, 5.74) is 1.40. The molecular formula is C24H27NO4. The number of unbranched alkanes of at least 4 members (excludes halogenated alkanes) is 1. The second-order valence-corrected chi connectivity index (χ2v) is 7.13. The van der Waals surface area contributed by atoms with Crippen LogP contribution in [0.2, 0.25) is 0 Å². The number of nitrogens with zero attached hydrogens (tertiary/aromatic N) is 1. The SMILES string of the molecule is CCCCN1C(=O)C(=O)/C(=C(\O)c2cccc(OCCC)c2)C1c1ccccc1. The van der Waals surface area contributed by atoms with Crippen molar-refractivity contribution < 1.29 is 19.4 Å². The summed E-state index contributed by atoms with van der Waals surface area (Å²) in [6.07, 6.45) is 2.56. The van der Waals surface area contributed by atoms with Gasteiger partial charge in [0.15, 0.2) is 0 Å². The Morgan fingerprint density at radius 2 is 1.79 bits per heavy atom. The van der Waals surface area contributed by atoms with Crippen molar-refractivity contribution in [3.8, 4) is 5.75 Å². The lowest BCUT2D eigenvalue weighted by atomic mass is 9.95. The van der Waals surface area contributed by atoms with Crippen molar-refractivity contribution >= 4 is 17.4 Å². The molecule has 0 aliphatic carbocycles. The van der Waals surface area contributed by atoms with Crippen LogP contribution in [0.5, 0.6) is 5.75 Å². The number of carbonyl (C=O) groups excluding carboxylic acids is 2. The van der Waals surface area contributed by atoms with E-state index in [9.17, 15) is 14.7 Å². The molecule has 3 rings (SSSR count). The highest BCUT2D eigenvalue weighted by atomic mass is 16.5. The van der Waals surface area contributed by atoms with Crippen LogP contribution in [0.4, 0.5) is 0 Å². The molecule has 1 fully saturated rings. The summed E-state index contributed by atoms with van der Waals surface area (Å²) in [6, 6.07) is 15.8. The average Bonchev–Trinajstić information content (AvgIpc) is 3.01. The van der Waals surface area contributed by atoms with E-state index in [1.54, 1.807) is 29.2 Å². The van der Waals surface area contributed by atoms with Crippen molar-refractivity contribution in [2.45, 2.75) is 39.2 Å². The van der Waals surface area contributed by atoms with Crippen molar-refractivity contribution in [2.75, 3.05) is 13.2 Å². The number of ether oxygens (including phenoxy) is 1. The third-order valence-electron chi connectivity index (χ3n) is 4.99. The summed E-state index contributed by atoms with van der Waals surface area (Å²) in [5, 5.41) is 11.1. The molecule has 0 bridgehead atoms. The van der Waals surface area contributed by atoms with E-state index in [1.807, 2.05) is 44.2 Å². The minimum Gasteiger partial charge on any atom is -0.507 e. The van der Waals surface area contributed by atoms with Crippen LogP contribution in [0.1, 0.15) is 50.3 Å². The van der Waals surface area contributed by atoms with Gasteiger partial charge in [-0.3, -0.25) is 9.59 Å². The van der Waals surface area contributed by atoms with Crippen LogP contribution in [0.25, 0.3) is 5.76 Å². The van der Waals surface area contributed by atoms with Gasteiger partial charge in [-0.2, -0.15) is 0 Å². The third kappa shape index (κ3) is 4.34. The number of Topliss-reactive ketones (excluding diaryl/α,β-unsaturated/α-hetero) is 1. The molecule has 5 heteroatoms. The topological polar surface area (TPSA) is 66.8 Å². The maximum atomic E-state index is 12.9. The summed E-state index contributed by atoms with van der Waals surface area (Å²) >= 11 is 0. The molecule has 0 spiro atoms. The van der Waals surface area contributed by atoms with Gasteiger partial charge in [0.25, 0.3) is 11.7 Å². The number of rotatable bonds is 8. The van der Waals surface area contributed by atoms with Gasteiger partial charge in [0.2, 0.25) is 0 Å². The fraction of sp³-hybridized carbons (Fsp3) is 0.333. The summed E-state index contributed by atoms with van der Waals surface area (Å²) in [5.74, 6) is -0.759. The number of ketones is 1. The third-order valence-corrected chi connectivity index (χ3v) is 4.99. The first-order valence-corrected chi connectivity index (χ1v) is 10.1. The number of hydrogen-bond acceptors (Lipinski definition) is 4. The number of hydrogen-bond donors (Lipinski definition) is 1. The van der Waals surface area contributed by atoms with Gasteiger partial charge in [-0.15, -0.1) is 0 Å². The van der Waals surface area contributed by atoms with E-state index in [1.165, 1.54) is 0 Å². The zero-order valence-electron chi connectivity index (χ0n) is 16.9. The molecule has 1 atom stereocenters. The molecule has 1 amide bonds.